The Kier molecular flexibility index (Phi) is 10.3. The number of rotatable bonds is 2. The van der Waals surface area contributed by atoms with E-state index < -0.39 is 0 Å². The van der Waals surface area contributed by atoms with Crippen LogP contribution in [0.15, 0.2) is 0 Å². The zero-order valence-electron chi connectivity index (χ0n) is 7.18. The van der Waals surface area contributed by atoms with Gasteiger partial charge in [0.05, 0.1) is 6.10 Å². The lowest BCUT2D eigenvalue weighted by Crippen LogP contribution is -2.22. The second-order valence-corrected chi connectivity index (χ2v) is 2.11. The molecule has 1 N–H and O–H groups in total. The lowest BCUT2D eigenvalue weighted by Gasteiger charge is -2.10. The van der Waals surface area contributed by atoms with Crippen LogP contribution in [-0.2, 0) is 0 Å². The Balaban J connectivity index is 0. The number of aliphatic hydroxyl groups excluding tert-OH is 1. The predicted molar refractivity (Wildman–Crippen MR) is 41.6 cm³/mol. The van der Waals surface area contributed by atoms with Crippen molar-refractivity contribution in [2.75, 3.05) is 20.6 Å². The molecule has 58 valence electrons. The van der Waals surface area contributed by atoms with Crippen molar-refractivity contribution in [3.8, 4) is 0 Å². The van der Waals surface area contributed by atoms with Crippen molar-refractivity contribution < 1.29 is 5.11 Å². The van der Waals surface area contributed by atoms with Gasteiger partial charge in [-0.1, -0.05) is 13.8 Å². The fourth-order valence-electron chi connectivity index (χ4n) is 0.528. The summed E-state index contributed by atoms with van der Waals surface area (Å²) in [6.07, 6.45) is -0.199. The molecule has 2 nitrogen and oxygen atoms in total. The molecule has 0 aromatic rings. The molecule has 0 amide bonds. The molecule has 0 aliphatic heterocycles. The van der Waals surface area contributed by atoms with Gasteiger partial charge < -0.3 is 10.0 Å². The first-order valence-corrected chi connectivity index (χ1v) is 3.45. The van der Waals surface area contributed by atoms with E-state index in [4.69, 9.17) is 5.11 Å². The molecule has 0 rings (SSSR count). The van der Waals surface area contributed by atoms with Gasteiger partial charge in [-0.15, -0.1) is 0 Å². The third kappa shape index (κ3) is 18.1. The Morgan fingerprint density at radius 3 is 1.67 bits per heavy atom. The highest BCUT2D eigenvalue weighted by Gasteiger charge is 1.93. The third-order valence-corrected chi connectivity index (χ3v) is 0.629. The van der Waals surface area contributed by atoms with Crippen molar-refractivity contribution in [2.24, 2.45) is 0 Å². The molecular weight excluding hydrogens is 114 g/mol. The van der Waals surface area contributed by atoms with Crippen LogP contribution < -0.4 is 0 Å². The average molecular weight is 133 g/mol. The van der Waals surface area contributed by atoms with Crippen LogP contribution >= 0.6 is 0 Å². The normalized spacial score (nSPS) is 12.3. The molecule has 0 aromatic heterocycles. The van der Waals surface area contributed by atoms with Crippen molar-refractivity contribution in [3.05, 3.63) is 0 Å². The van der Waals surface area contributed by atoms with Gasteiger partial charge in [0, 0.05) is 6.54 Å². The fraction of sp³-hybridized carbons (Fsp3) is 1.00. The topological polar surface area (TPSA) is 23.5 Å². The van der Waals surface area contributed by atoms with Gasteiger partial charge in [-0.25, -0.2) is 0 Å². The van der Waals surface area contributed by atoms with E-state index in [0.717, 1.165) is 6.54 Å². The molecular formula is C7H19NO. The molecule has 1 unspecified atom stereocenters. The minimum absolute atomic E-state index is 0.199. The first-order valence-electron chi connectivity index (χ1n) is 3.45. The number of likely N-dealkylation sites (N-methyl/N-ethyl adjacent to an activating group) is 1. The molecule has 0 bridgehead atoms. The van der Waals surface area contributed by atoms with Crippen LogP contribution in [0.25, 0.3) is 0 Å². The largest absolute Gasteiger partial charge is 0.392 e. The molecule has 0 aliphatic rings. The highest BCUT2D eigenvalue weighted by Crippen LogP contribution is 1.80. The third-order valence-electron chi connectivity index (χ3n) is 0.629. The number of hydrogen-bond donors (Lipinski definition) is 1. The number of hydrogen-bond acceptors (Lipinski definition) is 2. The van der Waals surface area contributed by atoms with Crippen LogP contribution in [0.1, 0.15) is 20.8 Å². The highest BCUT2D eigenvalue weighted by atomic mass is 16.3. The summed E-state index contributed by atoms with van der Waals surface area (Å²) < 4.78 is 0. The Labute approximate surface area is 58.5 Å². The SMILES string of the molecule is CC.CC(O)CN(C)C. The monoisotopic (exact) mass is 133 g/mol. The van der Waals surface area contributed by atoms with E-state index in [1.54, 1.807) is 6.92 Å². The van der Waals surface area contributed by atoms with Crippen LogP contribution in [-0.4, -0.2) is 36.8 Å². The van der Waals surface area contributed by atoms with Crippen molar-refractivity contribution in [1.82, 2.24) is 4.90 Å². The van der Waals surface area contributed by atoms with Crippen molar-refractivity contribution in [2.45, 2.75) is 26.9 Å². The predicted octanol–water partition coefficient (Wildman–Crippen LogP) is 0.955. The second kappa shape index (κ2) is 7.92. The van der Waals surface area contributed by atoms with Crippen LogP contribution in [0.2, 0.25) is 0 Å². The van der Waals surface area contributed by atoms with Crippen LogP contribution in [0.5, 0.6) is 0 Å². The first-order chi connectivity index (χ1) is 4.13. The van der Waals surface area contributed by atoms with Crippen LogP contribution in [0.3, 0.4) is 0 Å². The van der Waals surface area contributed by atoms with Gasteiger partial charge in [0.1, 0.15) is 0 Å². The summed E-state index contributed by atoms with van der Waals surface area (Å²) in [7, 11) is 3.87. The van der Waals surface area contributed by atoms with Crippen molar-refractivity contribution in [1.29, 1.82) is 0 Å². The van der Waals surface area contributed by atoms with Gasteiger partial charge in [-0.2, -0.15) is 0 Å². The summed E-state index contributed by atoms with van der Waals surface area (Å²) in [4.78, 5) is 1.95. The molecule has 0 radical (unpaired) electrons. The lowest BCUT2D eigenvalue weighted by atomic mass is 10.4. The zero-order chi connectivity index (χ0) is 7.86. The quantitative estimate of drug-likeness (QED) is 0.606. The second-order valence-electron chi connectivity index (χ2n) is 2.11. The summed E-state index contributed by atoms with van der Waals surface area (Å²) in [5.74, 6) is 0. The summed E-state index contributed by atoms with van der Waals surface area (Å²) in [6.45, 7) is 6.53. The van der Waals surface area contributed by atoms with Gasteiger partial charge >= 0.3 is 0 Å². The molecule has 0 saturated heterocycles. The summed E-state index contributed by atoms with van der Waals surface area (Å²) >= 11 is 0. The van der Waals surface area contributed by atoms with Crippen molar-refractivity contribution in [3.63, 3.8) is 0 Å². The number of nitrogens with zero attached hydrogens (tertiary/aromatic N) is 1. The molecule has 0 fully saturated rings. The molecule has 0 spiro atoms. The number of aliphatic hydroxyl groups is 1. The van der Waals surface area contributed by atoms with E-state index in [-0.39, 0.29) is 6.10 Å². The highest BCUT2D eigenvalue weighted by molar-refractivity contribution is 4.48. The molecule has 1 atom stereocenters. The first kappa shape index (κ1) is 11.7. The van der Waals surface area contributed by atoms with Gasteiger partial charge in [0.15, 0.2) is 0 Å². The van der Waals surface area contributed by atoms with Gasteiger partial charge in [0.25, 0.3) is 0 Å². The Morgan fingerprint density at radius 2 is 1.67 bits per heavy atom. The van der Waals surface area contributed by atoms with E-state index in [9.17, 15) is 0 Å². The van der Waals surface area contributed by atoms with E-state index in [0.29, 0.717) is 0 Å². The molecule has 2 heteroatoms. The smallest absolute Gasteiger partial charge is 0.0638 e. The van der Waals surface area contributed by atoms with E-state index >= 15 is 0 Å². The molecule has 9 heavy (non-hydrogen) atoms. The zero-order valence-corrected chi connectivity index (χ0v) is 7.18. The van der Waals surface area contributed by atoms with Gasteiger partial charge in [-0.3, -0.25) is 0 Å². The summed E-state index contributed by atoms with van der Waals surface area (Å²) in [5.41, 5.74) is 0. The van der Waals surface area contributed by atoms with Gasteiger partial charge in [0.2, 0.25) is 0 Å². The van der Waals surface area contributed by atoms with E-state index in [1.165, 1.54) is 0 Å². The minimum atomic E-state index is -0.199. The standard InChI is InChI=1S/C5H13NO.C2H6/c1-5(7)4-6(2)3;1-2/h5,7H,4H2,1-3H3;1-2H3. The summed E-state index contributed by atoms with van der Waals surface area (Å²) in [6, 6.07) is 0. The molecule has 0 heterocycles. The van der Waals surface area contributed by atoms with E-state index in [1.807, 2.05) is 32.8 Å². The maximum absolute atomic E-state index is 8.68. The van der Waals surface area contributed by atoms with E-state index in [2.05, 4.69) is 0 Å². The maximum atomic E-state index is 8.68. The Morgan fingerprint density at radius 1 is 1.33 bits per heavy atom. The Bertz CT molecular complexity index is 38.2. The van der Waals surface area contributed by atoms with Gasteiger partial charge in [-0.05, 0) is 21.0 Å². The Hall–Kier alpha value is -0.0800. The molecule has 0 aromatic carbocycles. The minimum Gasteiger partial charge on any atom is -0.392 e. The average Bonchev–Trinajstić information content (AvgIpc) is 1.68. The van der Waals surface area contributed by atoms with Crippen LogP contribution in [0.4, 0.5) is 0 Å². The molecule has 0 saturated carbocycles. The maximum Gasteiger partial charge on any atom is 0.0638 e. The fourth-order valence-corrected chi connectivity index (χ4v) is 0.528. The van der Waals surface area contributed by atoms with Crippen molar-refractivity contribution >= 4 is 0 Å². The molecule has 0 aliphatic carbocycles. The van der Waals surface area contributed by atoms with Crippen LogP contribution in [0, 0.1) is 0 Å². The summed E-state index contributed by atoms with van der Waals surface area (Å²) in [5, 5.41) is 8.68. The lowest BCUT2D eigenvalue weighted by molar-refractivity contribution is 0.154.